The third kappa shape index (κ3) is 3.62. The van der Waals surface area contributed by atoms with Gasteiger partial charge in [0.1, 0.15) is 22.8 Å². The van der Waals surface area contributed by atoms with Crippen molar-refractivity contribution in [3.8, 4) is 17.2 Å². The van der Waals surface area contributed by atoms with Gasteiger partial charge in [0.05, 0.1) is 11.6 Å². The van der Waals surface area contributed by atoms with E-state index in [0.29, 0.717) is 34.6 Å². The summed E-state index contributed by atoms with van der Waals surface area (Å²) in [5.74, 6) is -0.207. The first-order chi connectivity index (χ1) is 17.8. The zero-order valence-corrected chi connectivity index (χ0v) is 20.1. The molecular formula is C30H21FN4O2. The van der Waals surface area contributed by atoms with Crippen molar-refractivity contribution in [3.63, 3.8) is 0 Å². The van der Waals surface area contributed by atoms with Gasteiger partial charge < -0.3 is 15.5 Å². The second-order valence-corrected chi connectivity index (χ2v) is 9.20. The van der Waals surface area contributed by atoms with Gasteiger partial charge in [0.2, 0.25) is 0 Å². The minimum Gasteiger partial charge on any atom is -0.455 e. The summed E-state index contributed by atoms with van der Waals surface area (Å²) in [4.78, 5) is 17.3. The van der Waals surface area contributed by atoms with Crippen molar-refractivity contribution < 1.29 is 13.6 Å². The Morgan fingerprint density at radius 1 is 1.00 bits per heavy atom. The lowest BCUT2D eigenvalue weighted by Crippen LogP contribution is -2.24. The predicted octanol–water partition coefficient (Wildman–Crippen LogP) is 6.38. The molecule has 0 aliphatic carbocycles. The molecule has 3 heterocycles. The fourth-order valence-corrected chi connectivity index (χ4v) is 5.03. The summed E-state index contributed by atoms with van der Waals surface area (Å²) in [5.41, 5.74) is 11.8. The molecule has 3 aromatic carbocycles. The van der Waals surface area contributed by atoms with Gasteiger partial charge in [-0.1, -0.05) is 12.1 Å². The average molecular weight is 489 g/mol. The lowest BCUT2D eigenvalue weighted by atomic mass is 9.97. The predicted molar refractivity (Wildman–Crippen MR) is 142 cm³/mol. The van der Waals surface area contributed by atoms with Crippen molar-refractivity contribution in [2.24, 2.45) is 0 Å². The number of hydrogen-bond acceptors (Lipinski definition) is 5. The number of rotatable bonds is 4. The Labute approximate surface area is 211 Å². The molecule has 1 amide bonds. The van der Waals surface area contributed by atoms with Crippen LogP contribution >= 0.6 is 0 Å². The Balaban J connectivity index is 1.36. The maximum atomic E-state index is 14.7. The second kappa shape index (κ2) is 8.32. The van der Waals surface area contributed by atoms with Crippen molar-refractivity contribution in [1.82, 2.24) is 10.3 Å². The molecule has 0 saturated heterocycles. The van der Waals surface area contributed by atoms with E-state index in [1.54, 1.807) is 24.3 Å². The number of nitrogens with zero attached hydrogens (tertiary/aromatic N) is 2. The summed E-state index contributed by atoms with van der Waals surface area (Å²) in [6.07, 6.45) is 0. The topological polar surface area (TPSA) is 105 Å². The van der Waals surface area contributed by atoms with Crippen molar-refractivity contribution >= 4 is 44.4 Å². The van der Waals surface area contributed by atoms with Crippen LogP contribution in [0, 0.1) is 31.0 Å². The normalized spacial score (nSPS) is 11.4. The van der Waals surface area contributed by atoms with Crippen LogP contribution in [0.1, 0.15) is 32.7 Å². The number of halogens is 1. The molecule has 0 aliphatic rings. The lowest BCUT2D eigenvalue weighted by molar-refractivity contribution is 0.0951. The van der Waals surface area contributed by atoms with Crippen LogP contribution in [0.4, 0.5) is 10.2 Å². The first-order valence-electron chi connectivity index (χ1n) is 11.8. The van der Waals surface area contributed by atoms with Crippen molar-refractivity contribution in [1.29, 1.82) is 5.26 Å². The number of nitrogen functional groups attached to an aromatic ring is 1. The van der Waals surface area contributed by atoms with Crippen LogP contribution in [0.25, 0.3) is 43.8 Å². The molecule has 3 N–H and O–H groups in total. The molecule has 0 fully saturated rings. The highest BCUT2D eigenvalue weighted by molar-refractivity contribution is 6.26. The van der Waals surface area contributed by atoms with Gasteiger partial charge in [0.15, 0.2) is 0 Å². The Morgan fingerprint density at radius 3 is 2.46 bits per heavy atom. The van der Waals surface area contributed by atoms with E-state index in [2.05, 4.69) is 10.3 Å². The Hall–Kier alpha value is -4.96. The highest BCUT2D eigenvalue weighted by Gasteiger charge is 2.20. The van der Waals surface area contributed by atoms with Gasteiger partial charge in [-0.2, -0.15) is 5.26 Å². The molecule has 0 radical (unpaired) electrons. The van der Waals surface area contributed by atoms with Gasteiger partial charge in [-0.25, -0.2) is 9.37 Å². The molecule has 37 heavy (non-hydrogen) atoms. The molecular weight excluding hydrogens is 467 g/mol. The highest BCUT2D eigenvalue weighted by atomic mass is 19.1. The number of amides is 1. The molecule has 3 aromatic heterocycles. The highest BCUT2D eigenvalue weighted by Crippen LogP contribution is 2.42. The van der Waals surface area contributed by atoms with Crippen molar-refractivity contribution in [2.75, 3.05) is 5.73 Å². The zero-order valence-electron chi connectivity index (χ0n) is 20.1. The van der Waals surface area contributed by atoms with Crippen LogP contribution in [-0.2, 0) is 6.54 Å². The van der Waals surface area contributed by atoms with E-state index in [1.165, 1.54) is 6.07 Å². The molecule has 0 atom stereocenters. The third-order valence-electron chi connectivity index (χ3n) is 6.89. The van der Waals surface area contributed by atoms with Gasteiger partial charge in [-0.15, -0.1) is 0 Å². The van der Waals surface area contributed by atoms with Crippen LogP contribution in [0.2, 0.25) is 0 Å². The fourth-order valence-electron chi connectivity index (χ4n) is 5.03. The number of fused-ring (bicyclic) bond motifs is 8. The molecule has 2 bridgehead atoms. The van der Waals surface area contributed by atoms with Crippen LogP contribution in [-0.4, -0.2) is 10.9 Å². The molecule has 7 heteroatoms. The summed E-state index contributed by atoms with van der Waals surface area (Å²) in [5, 5.41) is 15.5. The number of pyridine rings is 1. The number of carbonyl (C=O) groups is 1. The molecule has 6 aromatic rings. The minimum absolute atomic E-state index is 0.208. The van der Waals surface area contributed by atoms with Crippen LogP contribution in [0.3, 0.4) is 0 Å². The number of aromatic nitrogens is 1. The molecule has 180 valence electrons. The third-order valence-corrected chi connectivity index (χ3v) is 6.89. The molecule has 0 saturated carbocycles. The molecule has 0 unspecified atom stereocenters. The number of nitriles is 1. The molecule has 0 spiro atoms. The molecule has 6 nitrogen and oxygen atoms in total. The largest absolute Gasteiger partial charge is 0.455 e. The molecule has 6 rings (SSSR count). The van der Waals surface area contributed by atoms with Gasteiger partial charge in [-0.05, 0) is 79.1 Å². The minimum atomic E-state index is -0.457. The van der Waals surface area contributed by atoms with Gasteiger partial charge >= 0.3 is 0 Å². The van der Waals surface area contributed by atoms with Gasteiger partial charge in [0, 0.05) is 44.9 Å². The summed E-state index contributed by atoms with van der Waals surface area (Å²) < 4.78 is 20.8. The maximum absolute atomic E-state index is 14.7. The van der Waals surface area contributed by atoms with Crippen LogP contribution < -0.4 is 11.1 Å². The SMILES string of the molecule is Cc1cc(N)nc(C)c1CNC(=O)c1ccc2c(c1)c1oc2c2ccc(-c3ccc(C#N)cc3F)cc21. The van der Waals surface area contributed by atoms with Gasteiger partial charge in [-0.3, -0.25) is 4.79 Å². The summed E-state index contributed by atoms with van der Waals surface area (Å²) >= 11 is 0. The van der Waals surface area contributed by atoms with E-state index in [9.17, 15) is 9.18 Å². The first kappa shape index (κ1) is 22.5. The summed E-state index contributed by atoms with van der Waals surface area (Å²) in [7, 11) is 0. The number of furan rings is 2. The van der Waals surface area contributed by atoms with Gasteiger partial charge in [0.25, 0.3) is 5.91 Å². The number of nitrogens with one attached hydrogen (secondary N) is 1. The zero-order chi connectivity index (χ0) is 25.8. The standard InChI is InChI=1S/C30H21FN4O2/c1-15-9-27(33)35-16(2)25(15)14-34-30(36)19-5-8-22-24(12-19)29-23-11-18(4-7-21(23)28(22)37-29)20-6-3-17(13-32)10-26(20)31/h3-12H,14H2,1-2H3,(H2,33,35)(H,34,36). The maximum Gasteiger partial charge on any atom is 0.251 e. The van der Waals surface area contributed by atoms with E-state index < -0.39 is 5.82 Å². The number of benzene rings is 4. The number of nitrogens with two attached hydrogens (primary N) is 1. The van der Waals surface area contributed by atoms with E-state index in [0.717, 1.165) is 43.9 Å². The monoisotopic (exact) mass is 488 g/mol. The quantitative estimate of drug-likeness (QED) is 0.280. The smallest absolute Gasteiger partial charge is 0.251 e. The number of hydrogen-bond donors (Lipinski definition) is 2. The van der Waals surface area contributed by atoms with Crippen molar-refractivity contribution in [2.45, 2.75) is 20.4 Å². The number of aryl methyl sites for hydroxylation is 2. The summed E-state index contributed by atoms with van der Waals surface area (Å²) in [6.45, 7) is 4.16. The number of anilines is 1. The Bertz CT molecular complexity index is 1890. The van der Waals surface area contributed by atoms with Crippen LogP contribution in [0.15, 0.2) is 65.1 Å². The van der Waals surface area contributed by atoms with E-state index in [4.69, 9.17) is 15.4 Å². The van der Waals surface area contributed by atoms with Crippen molar-refractivity contribution in [3.05, 3.63) is 94.4 Å². The van der Waals surface area contributed by atoms with E-state index >= 15 is 0 Å². The Morgan fingerprint density at radius 2 is 1.73 bits per heavy atom. The average Bonchev–Trinajstić information content (AvgIpc) is 3.44. The van der Waals surface area contributed by atoms with Crippen LogP contribution in [0.5, 0.6) is 0 Å². The first-order valence-corrected chi connectivity index (χ1v) is 11.8. The van der Waals surface area contributed by atoms with E-state index in [-0.39, 0.29) is 11.5 Å². The second-order valence-electron chi connectivity index (χ2n) is 9.20. The number of carbonyl (C=O) groups excluding carboxylic acids is 1. The summed E-state index contributed by atoms with van der Waals surface area (Å²) in [6, 6.07) is 19.3. The Kier molecular flexibility index (Phi) is 5.06. The van der Waals surface area contributed by atoms with E-state index in [1.807, 2.05) is 50.2 Å². The molecule has 0 aliphatic heterocycles. The lowest BCUT2D eigenvalue weighted by Gasteiger charge is -2.11. The fraction of sp³-hybridized carbons (Fsp3) is 0.100.